The van der Waals surface area contributed by atoms with Gasteiger partial charge in [-0.25, -0.2) is 0 Å². The number of aliphatic hydroxyl groups is 1. The van der Waals surface area contributed by atoms with Crippen LogP contribution in [0.4, 0.5) is 0 Å². The van der Waals surface area contributed by atoms with Gasteiger partial charge in [0.2, 0.25) is 0 Å². The number of piperidine rings is 1. The van der Waals surface area contributed by atoms with E-state index in [-0.39, 0.29) is 0 Å². The second kappa shape index (κ2) is 5.10. The quantitative estimate of drug-likeness (QED) is 0.717. The lowest BCUT2D eigenvalue weighted by Gasteiger charge is -2.30. The van der Waals surface area contributed by atoms with Crippen molar-refractivity contribution in [2.24, 2.45) is 5.92 Å². The summed E-state index contributed by atoms with van der Waals surface area (Å²) in [5.41, 5.74) is -0.606. The Morgan fingerprint density at radius 2 is 2.21 bits per heavy atom. The Labute approximate surface area is 86.8 Å². The van der Waals surface area contributed by atoms with Crippen LogP contribution < -0.4 is 5.32 Å². The number of hydrogen-bond donors (Lipinski definition) is 2. The van der Waals surface area contributed by atoms with Gasteiger partial charge in [-0.15, -0.1) is 0 Å². The Hall–Kier alpha value is -0.120. The summed E-state index contributed by atoms with van der Waals surface area (Å²) in [5.74, 6) is 0.637. The molecule has 1 aliphatic rings. The van der Waals surface area contributed by atoms with E-state index in [1.807, 2.05) is 13.8 Å². The normalized spacial score (nSPS) is 29.1. The minimum atomic E-state index is -0.606. The molecule has 14 heavy (non-hydrogen) atoms. The second-order valence-corrected chi connectivity index (χ2v) is 4.94. The SMILES string of the molecule is CC1CCNCC1OCCC(C)(C)O. The van der Waals surface area contributed by atoms with Crippen molar-refractivity contribution in [3.05, 3.63) is 0 Å². The molecule has 1 aliphatic heterocycles. The Bertz CT molecular complexity index is 165. The molecule has 0 bridgehead atoms. The first-order chi connectivity index (χ1) is 6.49. The van der Waals surface area contributed by atoms with Gasteiger partial charge in [0.25, 0.3) is 0 Å². The van der Waals surface area contributed by atoms with Gasteiger partial charge in [0, 0.05) is 13.2 Å². The fraction of sp³-hybridized carbons (Fsp3) is 1.00. The van der Waals surface area contributed by atoms with E-state index in [9.17, 15) is 5.11 Å². The maximum Gasteiger partial charge on any atom is 0.0725 e. The lowest BCUT2D eigenvalue weighted by Crippen LogP contribution is -2.41. The molecule has 1 saturated heterocycles. The zero-order valence-electron chi connectivity index (χ0n) is 9.55. The lowest BCUT2D eigenvalue weighted by atomic mass is 9.97. The largest absolute Gasteiger partial charge is 0.390 e. The summed E-state index contributed by atoms with van der Waals surface area (Å²) in [5, 5.41) is 12.8. The van der Waals surface area contributed by atoms with Crippen molar-refractivity contribution < 1.29 is 9.84 Å². The van der Waals surface area contributed by atoms with Crippen molar-refractivity contribution in [2.75, 3.05) is 19.7 Å². The summed E-state index contributed by atoms with van der Waals surface area (Å²) in [4.78, 5) is 0. The predicted octanol–water partition coefficient (Wildman–Crippen LogP) is 1.16. The summed E-state index contributed by atoms with van der Waals surface area (Å²) in [6, 6.07) is 0. The van der Waals surface area contributed by atoms with E-state index in [1.165, 1.54) is 6.42 Å². The van der Waals surface area contributed by atoms with Crippen LogP contribution in [0.3, 0.4) is 0 Å². The molecule has 0 spiro atoms. The molecule has 2 atom stereocenters. The Morgan fingerprint density at radius 3 is 2.79 bits per heavy atom. The van der Waals surface area contributed by atoms with Gasteiger partial charge in [0.15, 0.2) is 0 Å². The van der Waals surface area contributed by atoms with E-state index in [0.717, 1.165) is 13.1 Å². The average Bonchev–Trinajstić information content (AvgIpc) is 2.06. The molecule has 0 radical (unpaired) electrons. The highest BCUT2D eigenvalue weighted by Crippen LogP contribution is 2.16. The van der Waals surface area contributed by atoms with Crippen molar-refractivity contribution >= 4 is 0 Å². The molecule has 2 N–H and O–H groups in total. The monoisotopic (exact) mass is 201 g/mol. The standard InChI is InChI=1S/C11H23NO2/c1-9-4-6-12-8-10(9)14-7-5-11(2,3)13/h9-10,12-13H,4-8H2,1-3H3. The van der Waals surface area contributed by atoms with Crippen LogP contribution in [0.1, 0.15) is 33.6 Å². The molecule has 1 heterocycles. The minimum Gasteiger partial charge on any atom is -0.390 e. The highest BCUT2D eigenvalue weighted by atomic mass is 16.5. The van der Waals surface area contributed by atoms with Crippen LogP contribution in [0.15, 0.2) is 0 Å². The van der Waals surface area contributed by atoms with Crippen LogP contribution in [-0.2, 0) is 4.74 Å². The van der Waals surface area contributed by atoms with Crippen LogP contribution >= 0.6 is 0 Å². The summed E-state index contributed by atoms with van der Waals surface area (Å²) in [7, 11) is 0. The van der Waals surface area contributed by atoms with Gasteiger partial charge in [-0.3, -0.25) is 0 Å². The number of nitrogens with one attached hydrogen (secondary N) is 1. The molecule has 0 aromatic rings. The third-order valence-corrected chi connectivity index (χ3v) is 2.80. The van der Waals surface area contributed by atoms with E-state index in [2.05, 4.69) is 12.2 Å². The van der Waals surface area contributed by atoms with Crippen LogP contribution in [0.2, 0.25) is 0 Å². The van der Waals surface area contributed by atoms with Crippen LogP contribution in [-0.4, -0.2) is 36.5 Å². The fourth-order valence-electron chi connectivity index (χ4n) is 1.64. The molecule has 1 rings (SSSR count). The molecule has 3 heteroatoms. The van der Waals surface area contributed by atoms with Crippen molar-refractivity contribution in [2.45, 2.75) is 45.3 Å². The number of ether oxygens (including phenoxy) is 1. The van der Waals surface area contributed by atoms with Crippen LogP contribution in [0.5, 0.6) is 0 Å². The highest BCUT2D eigenvalue weighted by Gasteiger charge is 2.22. The van der Waals surface area contributed by atoms with Crippen LogP contribution in [0, 0.1) is 5.92 Å². The lowest BCUT2D eigenvalue weighted by molar-refractivity contribution is -0.0281. The molecule has 84 valence electrons. The van der Waals surface area contributed by atoms with Crippen LogP contribution in [0.25, 0.3) is 0 Å². The van der Waals surface area contributed by atoms with Gasteiger partial charge < -0.3 is 15.2 Å². The molecule has 0 amide bonds. The van der Waals surface area contributed by atoms with Gasteiger partial charge in [-0.2, -0.15) is 0 Å². The van der Waals surface area contributed by atoms with Gasteiger partial charge in [0.1, 0.15) is 0 Å². The molecule has 3 nitrogen and oxygen atoms in total. The molecular weight excluding hydrogens is 178 g/mol. The van der Waals surface area contributed by atoms with Crippen molar-refractivity contribution in [1.82, 2.24) is 5.32 Å². The topological polar surface area (TPSA) is 41.5 Å². The summed E-state index contributed by atoms with van der Waals surface area (Å²) in [6.07, 6.45) is 2.22. The first-order valence-corrected chi connectivity index (χ1v) is 5.54. The Kier molecular flexibility index (Phi) is 4.35. The molecule has 1 fully saturated rings. The average molecular weight is 201 g/mol. The first-order valence-electron chi connectivity index (χ1n) is 5.54. The third-order valence-electron chi connectivity index (χ3n) is 2.80. The molecule has 0 saturated carbocycles. The van der Waals surface area contributed by atoms with Crippen molar-refractivity contribution in [3.8, 4) is 0 Å². The molecule has 0 aromatic heterocycles. The van der Waals surface area contributed by atoms with E-state index in [1.54, 1.807) is 0 Å². The van der Waals surface area contributed by atoms with Gasteiger partial charge in [0.05, 0.1) is 11.7 Å². The number of rotatable bonds is 4. The van der Waals surface area contributed by atoms with Gasteiger partial charge >= 0.3 is 0 Å². The van der Waals surface area contributed by atoms with Crippen molar-refractivity contribution in [1.29, 1.82) is 0 Å². The number of hydrogen-bond acceptors (Lipinski definition) is 3. The van der Waals surface area contributed by atoms with Gasteiger partial charge in [-0.1, -0.05) is 6.92 Å². The van der Waals surface area contributed by atoms with E-state index in [0.29, 0.717) is 25.0 Å². The smallest absolute Gasteiger partial charge is 0.0725 e. The summed E-state index contributed by atoms with van der Waals surface area (Å²) < 4.78 is 5.75. The summed E-state index contributed by atoms with van der Waals surface area (Å²) in [6.45, 7) is 8.58. The zero-order valence-corrected chi connectivity index (χ0v) is 9.55. The fourth-order valence-corrected chi connectivity index (χ4v) is 1.64. The van der Waals surface area contributed by atoms with Gasteiger partial charge in [-0.05, 0) is 39.2 Å². The van der Waals surface area contributed by atoms with E-state index in [4.69, 9.17) is 4.74 Å². The summed E-state index contributed by atoms with van der Waals surface area (Å²) >= 11 is 0. The maximum atomic E-state index is 9.52. The first kappa shape index (κ1) is 12.0. The third kappa shape index (κ3) is 4.40. The maximum absolute atomic E-state index is 9.52. The second-order valence-electron chi connectivity index (χ2n) is 4.94. The van der Waals surface area contributed by atoms with E-state index < -0.39 is 5.60 Å². The molecule has 2 unspecified atom stereocenters. The molecule has 0 aliphatic carbocycles. The Morgan fingerprint density at radius 1 is 1.50 bits per heavy atom. The van der Waals surface area contributed by atoms with E-state index >= 15 is 0 Å². The predicted molar refractivity (Wildman–Crippen MR) is 57.3 cm³/mol. The molecular formula is C11H23NO2. The molecule has 0 aromatic carbocycles. The Balaban J connectivity index is 2.17. The highest BCUT2D eigenvalue weighted by molar-refractivity contribution is 4.76. The minimum absolute atomic E-state index is 0.325. The van der Waals surface area contributed by atoms with Crippen molar-refractivity contribution in [3.63, 3.8) is 0 Å². The zero-order chi connectivity index (χ0) is 10.6.